The number of hydrogen-bond acceptors (Lipinski definition) is 1. The third-order valence-corrected chi connectivity index (χ3v) is 4.57. The van der Waals surface area contributed by atoms with E-state index in [2.05, 4.69) is 36.1 Å². The van der Waals surface area contributed by atoms with Crippen LogP contribution in [0, 0.1) is 6.92 Å². The van der Waals surface area contributed by atoms with Crippen LogP contribution in [0.1, 0.15) is 18.4 Å². The summed E-state index contributed by atoms with van der Waals surface area (Å²) in [6, 6.07) is 8.94. The average Bonchev–Trinajstić information content (AvgIpc) is 2.79. The van der Waals surface area contributed by atoms with Crippen LogP contribution in [0.5, 0.6) is 0 Å². The molecule has 2 nitrogen and oxygen atoms in total. The Labute approximate surface area is 121 Å². The minimum absolute atomic E-state index is 0. The molecule has 0 unspecified atom stereocenters. The number of quaternary nitrogens is 1. The summed E-state index contributed by atoms with van der Waals surface area (Å²) in [6.45, 7) is 10.2. The van der Waals surface area contributed by atoms with Gasteiger partial charge in [-0.1, -0.05) is 12.1 Å². The van der Waals surface area contributed by atoms with Gasteiger partial charge in [0.2, 0.25) is 0 Å². The van der Waals surface area contributed by atoms with Crippen molar-refractivity contribution < 1.29 is 21.5 Å². The minimum atomic E-state index is 0. The van der Waals surface area contributed by atoms with Crippen molar-refractivity contribution in [2.75, 3.05) is 44.2 Å². The first-order valence-electron chi connectivity index (χ1n) is 6.94. The summed E-state index contributed by atoms with van der Waals surface area (Å²) >= 11 is 0. The van der Waals surface area contributed by atoms with E-state index in [1.807, 2.05) is 0 Å². The Hall–Kier alpha value is -0.540. The highest BCUT2D eigenvalue weighted by atomic mass is 79.9. The molecular weight excluding hydrogens is 288 g/mol. The highest BCUT2D eigenvalue weighted by Crippen LogP contribution is 2.25. The number of rotatable bonds is 1. The molecule has 2 aliphatic rings. The third-order valence-electron chi connectivity index (χ3n) is 4.57. The van der Waals surface area contributed by atoms with Gasteiger partial charge in [0, 0.05) is 18.5 Å². The molecule has 1 aromatic carbocycles. The highest BCUT2D eigenvalue weighted by Gasteiger charge is 2.35. The van der Waals surface area contributed by atoms with E-state index in [0.29, 0.717) is 0 Å². The molecule has 0 N–H and O–H groups in total. The van der Waals surface area contributed by atoms with Crippen molar-refractivity contribution >= 4 is 5.69 Å². The molecule has 1 spiro atoms. The first kappa shape index (κ1) is 13.9. The van der Waals surface area contributed by atoms with E-state index in [-0.39, 0.29) is 17.0 Å². The van der Waals surface area contributed by atoms with E-state index in [9.17, 15) is 0 Å². The number of piperazine rings is 1. The Morgan fingerprint density at radius 2 is 1.67 bits per heavy atom. The molecule has 2 saturated heterocycles. The average molecular weight is 311 g/mol. The lowest BCUT2D eigenvalue weighted by atomic mass is 10.2. The van der Waals surface area contributed by atoms with Crippen LogP contribution in [0.2, 0.25) is 0 Å². The van der Waals surface area contributed by atoms with Gasteiger partial charge in [-0.05, 0) is 24.6 Å². The molecule has 0 saturated carbocycles. The first-order chi connectivity index (χ1) is 8.27. The molecule has 18 heavy (non-hydrogen) atoms. The Morgan fingerprint density at radius 3 is 2.28 bits per heavy atom. The quantitative estimate of drug-likeness (QED) is 0.628. The van der Waals surface area contributed by atoms with Crippen molar-refractivity contribution in [3.63, 3.8) is 0 Å². The van der Waals surface area contributed by atoms with E-state index in [0.717, 1.165) is 0 Å². The van der Waals surface area contributed by atoms with Crippen LogP contribution in [0.4, 0.5) is 5.69 Å². The maximum atomic E-state index is 2.56. The molecule has 3 heteroatoms. The van der Waals surface area contributed by atoms with Gasteiger partial charge in [-0.2, -0.15) is 0 Å². The third kappa shape index (κ3) is 2.72. The topological polar surface area (TPSA) is 3.24 Å². The Kier molecular flexibility index (Phi) is 4.33. The van der Waals surface area contributed by atoms with Crippen molar-refractivity contribution in [3.05, 3.63) is 29.8 Å². The molecule has 2 aliphatic heterocycles. The van der Waals surface area contributed by atoms with Crippen LogP contribution >= 0.6 is 0 Å². The van der Waals surface area contributed by atoms with Gasteiger partial charge in [-0.25, -0.2) is 0 Å². The number of nitrogens with zero attached hydrogens (tertiary/aromatic N) is 2. The van der Waals surface area contributed by atoms with Crippen molar-refractivity contribution in [1.29, 1.82) is 0 Å². The predicted molar refractivity (Wildman–Crippen MR) is 72.4 cm³/mol. The normalized spacial score (nSPS) is 21.9. The van der Waals surface area contributed by atoms with Gasteiger partial charge in [-0.3, -0.25) is 0 Å². The van der Waals surface area contributed by atoms with E-state index in [1.54, 1.807) is 0 Å². The lowest BCUT2D eigenvalue weighted by Gasteiger charge is -2.42. The molecule has 0 aliphatic carbocycles. The van der Waals surface area contributed by atoms with Gasteiger partial charge in [0.15, 0.2) is 0 Å². The van der Waals surface area contributed by atoms with Crippen molar-refractivity contribution in [3.8, 4) is 0 Å². The minimum Gasteiger partial charge on any atom is -1.00 e. The zero-order valence-electron chi connectivity index (χ0n) is 11.2. The molecule has 2 heterocycles. The monoisotopic (exact) mass is 310 g/mol. The highest BCUT2D eigenvalue weighted by molar-refractivity contribution is 5.48. The second-order valence-corrected chi connectivity index (χ2v) is 5.77. The maximum Gasteiger partial charge on any atom is 0.0965 e. The smallest absolute Gasteiger partial charge is 0.0965 e. The van der Waals surface area contributed by atoms with Crippen LogP contribution in [-0.4, -0.2) is 43.8 Å². The summed E-state index contributed by atoms with van der Waals surface area (Å²) in [6.07, 6.45) is 2.90. The van der Waals surface area contributed by atoms with E-state index < -0.39 is 0 Å². The van der Waals surface area contributed by atoms with E-state index in [1.165, 1.54) is 67.8 Å². The fourth-order valence-corrected chi connectivity index (χ4v) is 3.43. The maximum absolute atomic E-state index is 2.56. The number of halogens is 1. The fraction of sp³-hybridized carbons (Fsp3) is 0.600. The van der Waals surface area contributed by atoms with Gasteiger partial charge in [0.1, 0.15) is 0 Å². The lowest BCUT2D eigenvalue weighted by Crippen LogP contribution is -3.00. The van der Waals surface area contributed by atoms with E-state index in [4.69, 9.17) is 0 Å². The fourth-order valence-electron chi connectivity index (χ4n) is 3.43. The number of hydrogen-bond donors (Lipinski definition) is 0. The molecule has 0 bridgehead atoms. The van der Waals surface area contributed by atoms with Crippen LogP contribution in [0.25, 0.3) is 0 Å². The van der Waals surface area contributed by atoms with Crippen molar-refractivity contribution in [2.24, 2.45) is 0 Å². The van der Waals surface area contributed by atoms with Gasteiger partial charge in [-0.15, -0.1) is 0 Å². The van der Waals surface area contributed by atoms with Gasteiger partial charge in [0.25, 0.3) is 0 Å². The van der Waals surface area contributed by atoms with Gasteiger partial charge in [0.05, 0.1) is 39.3 Å². The lowest BCUT2D eigenvalue weighted by molar-refractivity contribution is -0.917. The van der Waals surface area contributed by atoms with Crippen LogP contribution in [-0.2, 0) is 0 Å². The molecule has 3 rings (SSSR count). The summed E-state index contributed by atoms with van der Waals surface area (Å²) in [5.41, 5.74) is 2.79. The molecule has 100 valence electrons. The summed E-state index contributed by atoms with van der Waals surface area (Å²) in [5, 5.41) is 0. The number of aryl methyl sites for hydroxylation is 1. The van der Waals surface area contributed by atoms with Crippen LogP contribution < -0.4 is 21.9 Å². The molecule has 0 radical (unpaired) electrons. The zero-order chi connectivity index (χ0) is 11.7. The number of anilines is 1. The van der Waals surface area contributed by atoms with E-state index >= 15 is 0 Å². The number of benzene rings is 1. The Morgan fingerprint density at radius 1 is 1.00 bits per heavy atom. The van der Waals surface area contributed by atoms with Gasteiger partial charge < -0.3 is 26.4 Å². The molecule has 0 amide bonds. The summed E-state index contributed by atoms with van der Waals surface area (Å²) < 4.78 is 1.41. The first-order valence-corrected chi connectivity index (χ1v) is 6.94. The molecular formula is C15H23BrN2. The Balaban J connectivity index is 0.00000120. The standard InChI is InChI=1S/C15H23N2.BrH/c1-14-5-4-6-15(13-14)16-7-11-17(12-8-16)9-2-3-10-17;/h4-6,13H,2-3,7-12H2,1H3;1H/q+1;/p-1. The summed E-state index contributed by atoms with van der Waals surface area (Å²) in [4.78, 5) is 2.56. The molecule has 1 aromatic rings. The predicted octanol–water partition coefficient (Wildman–Crippen LogP) is -0.570. The second-order valence-electron chi connectivity index (χ2n) is 5.77. The molecule has 2 fully saturated rings. The summed E-state index contributed by atoms with van der Waals surface area (Å²) in [5.74, 6) is 0. The van der Waals surface area contributed by atoms with Gasteiger partial charge >= 0.3 is 0 Å². The summed E-state index contributed by atoms with van der Waals surface area (Å²) in [7, 11) is 0. The van der Waals surface area contributed by atoms with Crippen molar-refractivity contribution in [1.82, 2.24) is 0 Å². The van der Waals surface area contributed by atoms with Crippen LogP contribution in [0.15, 0.2) is 24.3 Å². The second kappa shape index (κ2) is 5.62. The van der Waals surface area contributed by atoms with Crippen LogP contribution in [0.3, 0.4) is 0 Å². The molecule has 0 aromatic heterocycles. The Bertz CT molecular complexity index is 389. The SMILES string of the molecule is Cc1cccc(N2CC[N+]3(CCCC3)CC2)c1.[Br-]. The molecule has 0 atom stereocenters. The largest absolute Gasteiger partial charge is 1.00 e. The zero-order valence-corrected chi connectivity index (χ0v) is 12.8. The van der Waals surface area contributed by atoms with Crippen molar-refractivity contribution in [2.45, 2.75) is 19.8 Å².